The molecule has 2 atom stereocenters. The Balaban J connectivity index is 1.78. The van der Waals surface area contributed by atoms with Crippen LogP contribution < -0.4 is 9.80 Å². The highest BCUT2D eigenvalue weighted by molar-refractivity contribution is 6.08. The molecule has 1 aliphatic heterocycles. The van der Waals surface area contributed by atoms with Gasteiger partial charge in [0.2, 0.25) is 5.91 Å². The predicted octanol–water partition coefficient (Wildman–Crippen LogP) is 6.42. The zero-order valence-corrected chi connectivity index (χ0v) is 20.3. The Labute approximate surface area is 196 Å². The highest BCUT2D eigenvalue weighted by Gasteiger charge is 2.39. The van der Waals surface area contributed by atoms with E-state index in [4.69, 9.17) is 4.42 Å². The second kappa shape index (κ2) is 8.54. The van der Waals surface area contributed by atoms with Gasteiger partial charge in [-0.3, -0.25) is 9.59 Å². The highest BCUT2D eigenvalue weighted by Crippen LogP contribution is 2.43. The van der Waals surface area contributed by atoms with Gasteiger partial charge in [0, 0.05) is 29.8 Å². The largest absolute Gasteiger partial charge is 0.465 e. The van der Waals surface area contributed by atoms with Gasteiger partial charge in [-0.15, -0.1) is 0 Å². The number of amides is 2. The summed E-state index contributed by atoms with van der Waals surface area (Å²) in [5, 5.41) is 0. The molecular formula is C28H32N2O3. The summed E-state index contributed by atoms with van der Waals surface area (Å²) in [6, 6.07) is 19.3. The van der Waals surface area contributed by atoms with Gasteiger partial charge in [0.25, 0.3) is 5.91 Å². The second-order valence-corrected chi connectivity index (χ2v) is 9.89. The van der Waals surface area contributed by atoms with E-state index in [0.29, 0.717) is 17.7 Å². The molecule has 5 nitrogen and oxygen atoms in total. The van der Waals surface area contributed by atoms with Gasteiger partial charge in [0.1, 0.15) is 11.5 Å². The summed E-state index contributed by atoms with van der Waals surface area (Å²) in [6.45, 7) is 11.7. The van der Waals surface area contributed by atoms with E-state index in [2.05, 4.69) is 20.8 Å². The Hall–Kier alpha value is -3.34. The van der Waals surface area contributed by atoms with Crippen molar-refractivity contribution in [1.82, 2.24) is 0 Å². The molecule has 172 valence electrons. The quantitative estimate of drug-likeness (QED) is 0.468. The number of anilines is 2. The number of aryl methyl sites for hydroxylation is 1. The van der Waals surface area contributed by atoms with E-state index in [-0.39, 0.29) is 29.3 Å². The fourth-order valence-corrected chi connectivity index (χ4v) is 4.70. The first kappa shape index (κ1) is 22.8. The van der Waals surface area contributed by atoms with Crippen LogP contribution in [0.5, 0.6) is 0 Å². The first-order chi connectivity index (χ1) is 15.6. The zero-order valence-electron chi connectivity index (χ0n) is 20.3. The van der Waals surface area contributed by atoms with E-state index < -0.39 is 0 Å². The first-order valence-electron chi connectivity index (χ1n) is 11.5. The zero-order chi connectivity index (χ0) is 23.9. The summed E-state index contributed by atoms with van der Waals surface area (Å²) in [6.07, 6.45) is 0.639. The summed E-state index contributed by atoms with van der Waals surface area (Å²) in [5.41, 5.74) is 3.08. The summed E-state index contributed by atoms with van der Waals surface area (Å²) >= 11 is 0. The molecule has 5 heteroatoms. The lowest BCUT2D eigenvalue weighted by molar-refractivity contribution is -0.117. The molecule has 3 aromatic rings. The normalized spacial score (nSPS) is 18.1. The van der Waals surface area contributed by atoms with E-state index in [9.17, 15) is 9.59 Å². The molecule has 0 unspecified atom stereocenters. The fourth-order valence-electron chi connectivity index (χ4n) is 4.70. The molecule has 0 aliphatic carbocycles. The van der Waals surface area contributed by atoms with Gasteiger partial charge in [0.15, 0.2) is 0 Å². The Kier molecular flexibility index (Phi) is 5.91. The third kappa shape index (κ3) is 4.20. The van der Waals surface area contributed by atoms with Crippen LogP contribution >= 0.6 is 0 Å². The number of hydrogen-bond donors (Lipinski definition) is 0. The first-order valence-corrected chi connectivity index (χ1v) is 11.5. The van der Waals surface area contributed by atoms with Crippen LogP contribution in [-0.4, -0.2) is 17.9 Å². The van der Waals surface area contributed by atoms with Crippen LogP contribution in [-0.2, 0) is 10.2 Å². The standard InChI is InChI=1S/C28H32N2O3/c1-18-16-25(30(20(3)31)21-12-8-7-9-13-21)22-14-10-11-15-24(22)29(18)27(32)23-17-26(28(4,5)6)33-19(23)2/h7-15,17-18,25H,16H2,1-6H3/t18-,25+/m1/s1. The number of rotatable bonds is 3. The molecular weight excluding hydrogens is 412 g/mol. The van der Waals surface area contributed by atoms with Crippen LogP contribution in [0.2, 0.25) is 0 Å². The molecule has 4 rings (SSSR count). The lowest BCUT2D eigenvalue weighted by Gasteiger charge is -2.43. The molecule has 0 spiro atoms. The van der Waals surface area contributed by atoms with Gasteiger partial charge in [-0.1, -0.05) is 57.2 Å². The SMILES string of the molecule is CC(=O)N(c1ccccc1)[C@H]1C[C@@H](C)N(C(=O)c2cc(C(C)(C)C)oc2C)c2ccccc21. The van der Waals surface area contributed by atoms with Crippen molar-refractivity contribution in [2.24, 2.45) is 0 Å². The molecule has 0 N–H and O–H groups in total. The van der Waals surface area contributed by atoms with Crippen molar-refractivity contribution in [2.75, 3.05) is 9.80 Å². The van der Waals surface area contributed by atoms with Crippen molar-refractivity contribution >= 4 is 23.2 Å². The number of carbonyl (C=O) groups excluding carboxylic acids is 2. The molecule has 2 amide bonds. The molecule has 1 aliphatic rings. The monoisotopic (exact) mass is 444 g/mol. The minimum Gasteiger partial charge on any atom is -0.465 e. The predicted molar refractivity (Wildman–Crippen MR) is 132 cm³/mol. The lowest BCUT2D eigenvalue weighted by atomic mass is 9.89. The van der Waals surface area contributed by atoms with Crippen molar-refractivity contribution in [3.8, 4) is 0 Å². The maximum Gasteiger partial charge on any atom is 0.262 e. The van der Waals surface area contributed by atoms with Gasteiger partial charge in [-0.25, -0.2) is 0 Å². The number of nitrogens with zero attached hydrogens (tertiary/aromatic N) is 2. The molecule has 2 heterocycles. The smallest absolute Gasteiger partial charge is 0.262 e. The number of fused-ring (bicyclic) bond motifs is 1. The number of furan rings is 1. The van der Waals surface area contributed by atoms with E-state index in [1.54, 1.807) is 6.92 Å². The summed E-state index contributed by atoms with van der Waals surface area (Å²) in [5.74, 6) is 1.34. The van der Waals surface area contributed by atoms with Crippen molar-refractivity contribution in [2.45, 2.75) is 65.5 Å². The average Bonchev–Trinajstić information content (AvgIpc) is 3.16. The summed E-state index contributed by atoms with van der Waals surface area (Å²) in [4.78, 5) is 30.3. The molecule has 0 bridgehead atoms. The number of hydrogen-bond acceptors (Lipinski definition) is 3. The minimum absolute atomic E-state index is 0.0199. The van der Waals surface area contributed by atoms with E-state index in [0.717, 1.165) is 22.7 Å². The van der Waals surface area contributed by atoms with Crippen LogP contribution in [0.25, 0.3) is 0 Å². The highest BCUT2D eigenvalue weighted by atomic mass is 16.3. The number of para-hydroxylation sites is 2. The van der Waals surface area contributed by atoms with Crippen LogP contribution in [0.4, 0.5) is 11.4 Å². The Bertz CT molecular complexity index is 1170. The molecule has 0 radical (unpaired) electrons. The van der Waals surface area contributed by atoms with Crippen LogP contribution in [0, 0.1) is 6.92 Å². The Morgan fingerprint density at radius 3 is 2.27 bits per heavy atom. The van der Waals surface area contributed by atoms with Gasteiger partial charge < -0.3 is 14.2 Å². The molecule has 0 saturated carbocycles. The van der Waals surface area contributed by atoms with Gasteiger partial charge in [-0.2, -0.15) is 0 Å². The third-order valence-corrected chi connectivity index (χ3v) is 6.35. The van der Waals surface area contributed by atoms with Crippen molar-refractivity contribution in [1.29, 1.82) is 0 Å². The van der Waals surface area contributed by atoms with Gasteiger partial charge in [0.05, 0.1) is 11.6 Å². The van der Waals surface area contributed by atoms with E-state index in [1.165, 1.54) is 0 Å². The molecule has 0 saturated heterocycles. The Morgan fingerprint density at radius 1 is 1.03 bits per heavy atom. The molecule has 2 aromatic carbocycles. The van der Waals surface area contributed by atoms with Crippen molar-refractivity contribution in [3.05, 3.63) is 83.3 Å². The van der Waals surface area contributed by atoms with Crippen molar-refractivity contribution in [3.63, 3.8) is 0 Å². The fraction of sp³-hybridized carbons (Fsp3) is 0.357. The molecule has 0 fully saturated rings. The minimum atomic E-state index is -0.183. The number of carbonyl (C=O) groups is 2. The lowest BCUT2D eigenvalue weighted by Crippen LogP contribution is -2.47. The summed E-state index contributed by atoms with van der Waals surface area (Å²) in [7, 11) is 0. The average molecular weight is 445 g/mol. The molecule has 1 aromatic heterocycles. The topological polar surface area (TPSA) is 53.8 Å². The Morgan fingerprint density at radius 2 is 1.67 bits per heavy atom. The van der Waals surface area contributed by atoms with Crippen LogP contribution in [0.15, 0.2) is 65.1 Å². The van der Waals surface area contributed by atoms with Crippen molar-refractivity contribution < 1.29 is 14.0 Å². The van der Waals surface area contributed by atoms with E-state index >= 15 is 0 Å². The van der Waals surface area contributed by atoms with Crippen LogP contribution in [0.3, 0.4) is 0 Å². The van der Waals surface area contributed by atoms with E-state index in [1.807, 2.05) is 84.3 Å². The maximum atomic E-state index is 13.8. The molecule has 33 heavy (non-hydrogen) atoms. The van der Waals surface area contributed by atoms with Crippen LogP contribution in [0.1, 0.15) is 74.5 Å². The number of benzene rings is 2. The maximum absolute atomic E-state index is 13.8. The second-order valence-electron chi connectivity index (χ2n) is 9.89. The van der Waals surface area contributed by atoms with Gasteiger partial charge in [-0.05, 0) is 50.1 Å². The van der Waals surface area contributed by atoms with Gasteiger partial charge >= 0.3 is 0 Å². The third-order valence-electron chi connectivity index (χ3n) is 6.35. The summed E-state index contributed by atoms with van der Waals surface area (Å²) < 4.78 is 5.96.